The van der Waals surface area contributed by atoms with Gasteiger partial charge in [0.05, 0.1) is 13.7 Å². The second-order valence-electron chi connectivity index (χ2n) is 10.1. The second kappa shape index (κ2) is 12.7. The zero-order valence-corrected chi connectivity index (χ0v) is 22.9. The topological polar surface area (TPSA) is 255 Å². The summed E-state index contributed by atoms with van der Waals surface area (Å²) in [6.45, 7) is -0.798. The quantitative estimate of drug-likeness (QED) is 0.102. The Kier molecular flexibility index (Phi) is 9.19. The minimum absolute atomic E-state index is 0.141. The van der Waals surface area contributed by atoms with E-state index in [1.807, 2.05) is 0 Å². The van der Waals surface area contributed by atoms with Crippen molar-refractivity contribution in [1.29, 1.82) is 0 Å². The van der Waals surface area contributed by atoms with E-state index in [1.165, 1.54) is 13.2 Å². The number of benzene rings is 2. The number of hydrogen-bond donors (Lipinski definition) is 8. The van der Waals surface area contributed by atoms with Gasteiger partial charge in [0.25, 0.3) is 0 Å². The lowest BCUT2D eigenvalue weighted by atomic mass is 9.98. The predicted octanol–water partition coefficient (Wildman–Crippen LogP) is -2.30. The Morgan fingerprint density at radius 3 is 2.14 bits per heavy atom. The normalized spacial score (nSPS) is 32.4. The van der Waals surface area contributed by atoms with Crippen molar-refractivity contribution in [3.05, 3.63) is 52.7 Å². The first-order chi connectivity index (χ1) is 21.0. The van der Waals surface area contributed by atoms with Crippen molar-refractivity contribution in [1.82, 2.24) is 0 Å². The number of esters is 1. The van der Waals surface area contributed by atoms with Crippen LogP contribution in [0.2, 0.25) is 0 Å². The molecule has 0 unspecified atom stereocenters. The summed E-state index contributed by atoms with van der Waals surface area (Å²) in [5.41, 5.74) is -0.317. The smallest absolute Gasteiger partial charge is 0.343 e. The van der Waals surface area contributed by atoms with Gasteiger partial charge in [-0.25, -0.2) is 4.79 Å². The van der Waals surface area contributed by atoms with Gasteiger partial charge in [0, 0.05) is 17.7 Å². The number of methoxy groups -OCH3 is 1. The van der Waals surface area contributed by atoms with E-state index < -0.39 is 90.9 Å². The molecule has 2 aromatic carbocycles. The Morgan fingerprint density at radius 1 is 0.864 bits per heavy atom. The van der Waals surface area contributed by atoms with Gasteiger partial charge in [-0.05, 0) is 0 Å². The van der Waals surface area contributed by atoms with Crippen molar-refractivity contribution >= 4 is 16.9 Å². The van der Waals surface area contributed by atoms with E-state index in [1.54, 1.807) is 30.3 Å². The van der Waals surface area contributed by atoms with E-state index in [0.717, 1.165) is 6.07 Å². The SMILES string of the molecule is COc1cc2oc(-c3ccccc3)cc(=O)c2c(OC(=O)[C@H]2O[C@@H](O[C@@H]3O[C@H](CO)[C@@H](O)[C@H](O)[C@H]3O)[C@H](O)[C@@H](O)[C@@H]2O)c1O. The number of phenols is 1. The maximum Gasteiger partial charge on any atom is 0.343 e. The Hall–Kier alpha value is -3.68. The van der Waals surface area contributed by atoms with Gasteiger partial charge in [-0.2, -0.15) is 0 Å². The lowest BCUT2D eigenvalue weighted by Crippen LogP contribution is -2.64. The van der Waals surface area contributed by atoms with E-state index in [2.05, 4.69) is 0 Å². The zero-order chi connectivity index (χ0) is 31.9. The van der Waals surface area contributed by atoms with Crippen molar-refractivity contribution in [2.24, 2.45) is 0 Å². The molecule has 238 valence electrons. The fourth-order valence-electron chi connectivity index (χ4n) is 4.88. The number of phenolic OH excluding ortho intramolecular Hbond substituents is 1. The monoisotopic (exact) mass is 622 g/mol. The van der Waals surface area contributed by atoms with Crippen LogP contribution >= 0.6 is 0 Å². The van der Waals surface area contributed by atoms with Gasteiger partial charge in [-0.15, -0.1) is 0 Å². The van der Waals surface area contributed by atoms with Crippen LogP contribution in [0, 0.1) is 0 Å². The molecule has 0 bridgehead atoms. The zero-order valence-electron chi connectivity index (χ0n) is 22.9. The van der Waals surface area contributed by atoms with Gasteiger partial charge < -0.3 is 69.0 Å². The average molecular weight is 623 g/mol. The van der Waals surface area contributed by atoms with Crippen molar-refractivity contribution in [3.8, 4) is 28.6 Å². The van der Waals surface area contributed by atoms with Gasteiger partial charge in [0.15, 0.2) is 35.6 Å². The highest BCUT2D eigenvalue weighted by molar-refractivity contribution is 5.93. The van der Waals surface area contributed by atoms with Crippen LogP contribution in [0.1, 0.15) is 0 Å². The first-order valence-electron chi connectivity index (χ1n) is 13.3. The van der Waals surface area contributed by atoms with Crippen molar-refractivity contribution in [2.75, 3.05) is 13.7 Å². The molecule has 44 heavy (non-hydrogen) atoms. The van der Waals surface area contributed by atoms with Crippen LogP contribution in [-0.4, -0.2) is 122 Å². The summed E-state index contributed by atoms with van der Waals surface area (Å²) < 4.78 is 32.1. The molecular weight excluding hydrogens is 592 g/mol. The van der Waals surface area contributed by atoms with Gasteiger partial charge >= 0.3 is 5.97 Å². The molecule has 2 fully saturated rings. The summed E-state index contributed by atoms with van der Waals surface area (Å²) in [5, 5.41) is 81.5. The Balaban J connectivity index is 1.44. The van der Waals surface area contributed by atoms with Gasteiger partial charge in [0.1, 0.15) is 59.5 Å². The average Bonchev–Trinajstić information content (AvgIpc) is 3.02. The van der Waals surface area contributed by atoms with Gasteiger partial charge in [0.2, 0.25) is 5.75 Å². The van der Waals surface area contributed by atoms with Crippen LogP contribution in [0.4, 0.5) is 0 Å². The van der Waals surface area contributed by atoms with Crippen molar-refractivity contribution in [3.63, 3.8) is 0 Å². The van der Waals surface area contributed by atoms with Gasteiger partial charge in [-0.1, -0.05) is 30.3 Å². The summed E-state index contributed by atoms with van der Waals surface area (Å²) in [6.07, 6.45) is -19.2. The van der Waals surface area contributed by atoms with E-state index in [-0.39, 0.29) is 22.5 Å². The molecule has 0 saturated carbocycles. The molecule has 1 aromatic heterocycles. The van der Waals surface area contributed by atoms with Crippen LogP contribution in [0.5, 0.6) is 17.2 Å². The van der Waals surface area contributed by atoms with Crippen molar-refractivity contribution in [2.45, 2.75) is 61.4 Å². The number of aliphatic hydroxyl groups is 7. The first-order valence-corrected chi connectivity index (χ1v) is 13.3. The number of carbonyl (C=O) groups excluding carboxylic acids is 1. The summed E-state index contributed by atoms with van der Waals surface area (Å²) in [5.74, 6) is -3.07. The third-order valence-corrected chi connectivity index (χ3v) is 7.31. The number of carbonyl (C=O) groups is 1. The Labute approximate surface area is 247 Å². The van der Waals surface area contributed by atoms with E-state index in [4.69, 9.17) is 28.1 Å². The molecule has 2 aliphatic rings. The number of hydrogen-bond acceptors (Lipinski definition) is 16. The number of aliphatic hydroxyl groups excluding tert-OH is 7. The Morgan fingerprint density at radius 2 is 1.50 bits per heavy atom. The largest absolute Gasteiger partial charge is 0.502 e. The Bertz CT molecular complexity index is 1540. The van der Waals surface area contributed by atoms with E-state index in [0.29, 0.717) is 5.56 Å². The van der Waals surface area contributed by atoms with Crippen LogP contribution in [-0.2, 0) is 19.0 Å². The molecule has 10 atom stereocenters. The first kappa shape index (κ1) is 31.7. The molecule has 8 N–H and O–H groups in total. The van der Waals surface area contributed by atoms with Gasteiger partial charge in [-0.3, -0.25) is 4.79 Å². The third kappa shape index (κ3) is 5.75. The van der Waals surface area contributed by atoms with E-state index in [9.17, 15) is 50.4 Å². The number of ether oxygens (including phenoxy) is 5. The maximum absolute atomic E-state index is 13.3. The minimum Gasteiger partial charge on any atom is -0.502 e. The molecule has 3 aromatic rings. The number of rotatable bonds is 7. The molecular formula is C28H30O16. The lowest BCUT2D eigenvalue weighted by molar-refractivity contribution is -0.372. The van der Waals surface area contributed by atoms with Crippen LogP contribution < -0.4 is 14.9 Å². The second-order valence-corrected chi connectivity index (χ2v) is 10.1. The highest BCUT2D eigenvalue weighted by Crippen LogP contribution is 2.43. The molecule has 0 amide bonds. The molecule has 2 saturated heterocycles. The van der Waals surface area contributed by atoms with Crippen molar-refractivity contribution < 1.29 is 73.7 Å². The molecule has 3 heterocycles. The van der Waals surface area contributed by atoms with Crippen LogP contribution in [0.15, 0.2) is 51.7 Å². The minimum atomic E-state index is -2.13. The van der Waals surface area contributed by atoms with Crippen LogP contribution in [0.3, 0.4) is 0 Å². The van der Waals surface area contributed by atoms with E-state index >= 15 is 0 Å². The summed E-state index contributed by atoms with van der Waals surface area (Å²) in [6, 6.07) is 10.9. The standard InChI is InChI=1S/C28H30O16/c1-39-14-8-13-16(11(30)7-12(40-13)10-5-3-2-4-6-10)24(18(14)32)42-26(38)25-21(35)20(34)23(37)28(43-25)44-27-22(36)19(33)17(31)15(9-29)41-27/h2-8,15,17,19-23,25,27-29,31-37H,9H2,1H3/t15-,17-,19+,20+,21+,22-,23-,25+,27+,28+/m1/s1. The molecule has 2 aliphatic heterocycles. The maximum atomic E-state index is 13.3. The molecule has 0 aliphatic carbocycles. The van der Waals surface area contributed by atoms with Crippen LogP contribution in [0.25, 0.3) is 22.3 Å². The lowest BCUT2D eigenvalue weighted by Gasteiger charge is -2.44. The summed E-state index contributed by atoms with van der Waals surface area (Å²) in [7, 11) is 1.19. The summed E-state index contributed by atoms with van der Waals surface area (Å²) in [4.78, 5) is 26.5. The summed E-state index contributed by atoms with van der Waals surface area (Å²) >= 11 is 0. The molecule has 0 radical (unpaired) electrons. The molecule has 5 rings (SSSR count). The highest BCUT2D eigenvalue weighted by Gasteiger charge is 2.52. The number of fused-ring (bicyclic) bond motifs is 1. The fraction of sp³-hybridized carbons (Fsp3) is 0.429. The molecule has 16 nitrogen and oxygen atoms in total. The number of aromatic hydroxyl groups is 1. The fourth-order valence-corrected chi connectivity index (χ4v) is 4.88. The highest BCUT2D eigenvalue weighted by atomic mass is 16.8. The third-order valence-electron chi connectivity index (χ3n) is 7.31. The molecule has 0 spiro atoms. The molecule has 16 heteroatoms. The predicted molar refractivity (Wildman–Crippen MR) is 143 cm³/mol.